The first kappa shape index (κ1) is 12.9. The molecule has 0 saturated heterocycles. The third-order valence-corrected chi connectivity index (χ3v) is 2.78. The normalized spacial score (nSPS) is 10.5. The molecule has 0 aliphatic heterocycles. The first-order valence-corrected chi connectivity index (χ1v) is 5.55. The molecule has 2 aromatic carbocycles. The summed E-state index contributed by atoms with van der Waals surface area (Å²) in [7, 11) is 0. The maximum absolute atomic E-state index is 13.3. The van der Waals surface area contributed by atoms with E-state index < -0.39 is 29.0 Å². The Labute approximate surface area is 108 Å². The Kier molecular flexibility index (Phi) is 3.56. The summed E-state index contributed by atoms with van der Waals surface area (Å²) in [4.78, 5) is 0. The van der Waals surface area contributed by atoms with Gasteiger partial charge in [-0.25, -0.2) is 8.78 Å². The van der Waals surface area contributed by atoms with Gasteiger partial charge in [-0.1, -0.05) is 12.1 Å². The topological polar surface area (TPSA) is 9.23 Å². The Balaban J connectivity index is 2.50. The molecule has 0 aliphatic rings. The van der Waals surface area contributed by atoms with Gasteiger partial charge in [0, 0.05) is 6.07 Å². The van der Waals surface area contributed by atoms with Crippen LogP contribution in [0.3, 0.4) is 0 Å². The molecule has 0 heterocycles. The molecule has 0 unspecified atom stereocenters. The summed E-state index contributed by atoms with van der Waals surface area (Å²) in [5, 5.41) is 0. The molecule has 0 radical (unpaired) electrons. The first-order valence-electron chi connectivity index (χ1n) is 4.76. The second kappa shape index (κ2) is 4.97. The van der Waals surface area contributed by atoms with E-state index in [-0.39, 0.29) is 11.8 Å². The van der Waals surface area contributed by atoms with E-state index in [2.05, 4.69) is 15.9 Å². The number of ether oxygens (including phenoxy) is 1. The molecule has 0 aliphatic carbocycles. The van der Waals surface area contributed by atoms with Gasteiger partial charge < -0.3 is 4.74 Å². The lowest BCUT2D eigenvalue weighted by Gasteiger charge is -2.10. The van der Waals surface area contributed by atoms with E-state index in [0.717, 1.165) is 0 Å². The Hall–Kier alpha value is -1.56. The van der Waals surface area contributed by atoms with E-state index in [9.17, 15) is 17.6 Å². The molecule has 0 bridgehead atoms. The second-order valence-corrected chi connectivity index (χ2v) is 4.18. The van der Waals surface area contributed by atoms with E-state index in [1.807, 2.05) is 0 Å². The molecule has 18 heavy (non-hydrogen) atoms. The zero-order chi connectivity index (χ0) is 13.3. The quantitative estimate of drug-likeness (QED) is 0.570. The number of hydrogen-bond acceptors (Lipinski definition) is 1. The zero-order valence-corrected chi connectivity index (χ0v) is 10.3. The van der Waals surface area contributed by atoms with Crippen LogP contribution in [0.1, 0.15) is 0 Å². The summed E-state index contributed by atoms with van der Waals surface area (Å²) in [5.74, 6) is -7.26. The molecule has 6 heteroatoms. The van der Waals surface area contributed by atoms with E-state index in [1.165, 1.54) is 6.07 Å². The summed E-state index contributed by atoms with van der Waals surface area (Å²) < 4.78 is 57.8. The first-order chi connectivity index (χ1) is 8.50. The summed E-state index contributed by atoms with van der Waals surface area (Å²) in [6.07, 6.45) is 0. The van der Waals surface area contributed by atoms with Gasteiger partial charge >= 0.3 is 0 Å². The van der Waals surface area contributed by atoms with Gasteiger partial charge in [0.15, 0.2) is 11.6 Å². The molecule has 0 fully saturated rings. The smallest absolute Gasteiger partial charge is 0.204 e. The number of hydrogen-bond donors (Lipinski definition) is 0. The number of rotatable bonds is 2. The monoisotopic (exact) mass is 320 g/mol. The van der Waals surface area contributed by atoms with Crippen molar-refractivity contribution in [2.75, 3.05) is 0 Å². The van der Waals surface area contributed by atoms with Gasteiger partial charge in [0.25, 0.3) is 0 Å². The van der Waals surface area contributed by atoms with Gasteiger partial charge in [-0.3, -0.25) is 0 Å². The van der Waals surface area contributed by atoms with Gasteiger partial charge in [0.2, 0.25) is 17.4 Å². The Morgan fingerprint density at radius 1 is 0.889 bits per heavy atom. The Bertz CT molecular complexity index is 575. The Morgan fingerprint density at radius 3 is 2.00 bits per heavy atom. The number of benzene rings is 2. The lowest BCUT2D eigenvalue weighted by atomic mass is 10.3. The van der Waals surface area contributed by atoms with Crippen molar-refractivity contribution in [1.82, 2.24) is 0 Å². The fraction of sp³-hybridized carbons (Fsp3) is 0. The van der Waals surface area contributed by atoms with Gasteiger partial charge in [0.05, 0.1) is 4.47 Å². The van der Waals surface area contributed by atoms with Gasteiger partial charge in [-0.05, 0) is 28.1 Å². The van der Waals surface area contributed by atoms with Crippen LogP contribution in [-0.2, 0) is 0 Å². The van der Waals surface area contributed by atoms with Crippen LogP contribution < -0.4 is 4.74 Å². The van der Waals surface area contributed by atoms with Gasteiger partial charge in [-0.15, -0.1) is 0 Å². The highest BCUT2D eigenvalue weighted by molar-refractivity contribution is 9.10. The molecule has 2 aromatic rings. The van der Waals surface area contributed by atoms with Crippen LogP contribution in [0.4, 0.5) is 17.6 Å². The predicted octanol–water partition coefficient (Wildman–Crippen LogP) is 4.80. The zero-order valence-electron chi connectivity index (χ0n) is 8.68. The molecule has 2 rings (SSSR count). The van der Waals surface area contributed by atoms with Crippen molar-refractivity contribution in [3.05, 3.63) is 58.1 Å². The van der Waals surface area contributed by atoms with E-state index in [1.54, 1.807) is 18.2 Å². The van der Waals surface area contributed by atoms with Crippen molar-refractivity contribution < 1.29 is 22.3 Å². The minimum absolute atomic E-state index is 0.0419. The maximum atomic E-state index is 13.3. The number of para-hydroxylation sites is 1. The van der Waals surface area contributed by atoms with Crippen molar-refractivity contribution in [1.29, 1.82) is 0 Å². The molecule has 94 valence electrons. The fourth-order valence-corrected chi connectivity index (χ4v) is 1.64. The average Bonchev–Trinajstić information content (AvgIpc) is 2.34. The summed E-state index contributed by atoms with van der Waals surface area (Å²) in [6, 6.07) is 6.27. The van der Waals surface area contributed by atoms with Crippen molar-refractivity contribution in [3.8, 4) is 11.5 Å². The lowest BCUT2D eigenvalue weighted by Crippen LogP contribution is -1.99. The van der Waals surface area contributed by atoms with Crippen molar-refractivity contribution in [3.63, 3.8) is 0 Å². The largest absolute Gasteiger partial charge is 0.450 e. The Morgan fingerprint density at radius 2 is 1.44 bits per heavy atom. The van der Waals surface area contributed by atoms with E-state index in [0.29, 0.717) is 4.47 Å². The molecular weight excluding hydrogens is 316 g/mol. The SMILES string of the molecule is Fc1cc(F)c(F)c(Oc2ccccc2Br)c1F. The van der Waals surface area contributed by atoms with Crippen LogP contribution in [0.5, 0.6) is 11.5 Å². The predicted molar refractivity (Wildman–Crippen MR) is 60.5 cm³/mol. The minimum Gasteiger partial charge on any atom is -0.450 e. The molecule has 0 saturated carbocycles. The van der Waals surface area contributed by atoms with Gasteiger partial charge in [-0.2, -0.15) is 8.78 Å². The molecular formula is C12H5BrF4O. The van der Waals surface area contributed by atoms with Gasteiger partial charge in [0.1, 0.15) is 5.75 Å². The third-order valence-electron chi connectivity index (χ3n) is 2.12. The van der Waals surface area contributed by atoms with Crippen molar-refractivity contribution in [2.45, 2.75) is 0 Å². The van der Waals surface area contributed by atoms with Crippen LogP contribution in [0.2, 0.25) is 0 Å². The number of halogens is 5. The lowest BCUT2D eigenvalue weighted by molar-refractivity contribution is 0.365. The standard InChI is InChI=1S/C12H5BrF4O/c13-6-3-1-2-4-9(6)18-12-10(16)7(14)5-8(15)11(12)17/h1-5H. The third kappa shape index (κ3) is 2.33. The molecule has 0 amide bonds. The summed E-state index contributed by atoms with van der Waals surface area (Å²) >= 11 is 3.08. The highest BCUT2D eigenvalue weighted by Gasteiger charge is 2.21. The van der Waals surface area contributed by atoms with E-state index >= 15 is 0 Å². The van der Waals surface area contributed by atoms with Crippen LogP contribution in [0, 0.1) is 23.3 Å². The molecule has 0 atom stereocenters. The molecule has 0 aromatic heterocycles. The van der Waals surface area contributed by atoms with Crippen LogP contribution >= 0.6 is 15.9 Å². The van der Waals surface area contributed by atoms with Crippen LogP contribution in [-0.4, -0.2) is 0 Å². The van der Waals surface area contributed by atoms with Crippen molar-refractivity contribution in [2.24, 2.45) is 0 Å². The highest BCUT2D eigenvalue weighted by atomic mass is 79.9. The van der Waals surface area contributed by atoms with Crippen LogP contribution in [0.25, 0.3) is 0 Å². The van der Waals surface area contributed by atoms with Crippen molar-refractivity contribution >= 4 is 15.9 Å². The summed E-state index contributed by atoms with van der Waals surface area (Å²) in [5.41, 5.74) is 0. The molecule has 0 spiro atoms. The maximum Gasteiger partial charge on any atom is 0.204 e. The van der Waals surface area contributed by atoms with E-state index in [4.69, 9.17) is 4.74 Å². The minimum atomic E-state index is -1.58. The highest BCUT2D eigenvalue weighted by Crippen LogP contribution is 2.34. The second-order valence-electron chi connectivity index (χ2n) is 3.33. The average molecular weight is 321 g/mol. The summed E-state index contributed by atoms with van der Waals surface area (Å²) in [6.45, 7) is 0. The fourth-order valence-electron chi connectivity index (χ4n) is 1.28. The molecule has 0 N–H and O–H groups in total. The molecule has 1 nitrogen and oxygen atoms in total. The van der Waals surface area contributed by atoms with Crippen LogP contribution in [0.15, 0.2) is 34.8 Å².